The molecule has 2 heterocycles. The minimum absolute atomic E-state index is 0.0262. The summed E-state index contributed by atoms with van der Waals surface area (Å²) in [5, 5.41) is 8.47. The minimum Gasteiger partial charge on any atom is -0.298 e. The standard InChI is InChI=1S/C18H14BrN5OS/c19-13-7-5-12(6-8-13)16-21-18(23-22-16)26-10-9-24-11-20-15-4-2-1-3-14(15)17(24)25/h1-8,11H,9-10H2,(H,21,22,23). The van der Waals surface area contributed by atoms with E-state index in [9.17, 15) is 4.79 Å². The third kappa shape index (κ3) is 3.56. The summed E-state index contributed by atoms with van der Waals surface area (Å²) in [6.45, 7) is 0.545. The van der Waals surface area contributed by atoms with E-state index in [1.807, 2.05) is 42.5 Å². The van der Waals surface area contributed by atoms with E-state index in [0.29, 0.717) is 22.8 Å². The largest absolute Gasteiger partial charge is 0.298 e. The number of thioether (sulfide) groups is 1. The number of halogens is 1. The van der Waals surface area contributed by atoms with E-state index < -0.39 is 0 Å². The van der Waals surface area contributed by atoms with E-state index in [2.05, 4.69) is 36.1 Å². The number of hydrogen-bond acceptors (Lipinski definition) is 5. The molecule has 130 valence electrons. The summed E-state index contributed by atoms with van der Waals surface area (Å²) in [5.41, 5.74) is 1.67. The highest BCUT2D eigenvalue weighted by Gasteiger charge is 2.07. The highest BCUT2D eigenvalue weighted by molar-refractivity contribution is 9.10. The van der Waals surface area contributed by atoms with Gasteiger partial charge >= 0.3 is 0 Å². The Labute approximate surface area is 161 Å². The molecule has 2 aromatic heterocycles. The van der Waals surface area contributed by atoms with Crippen LogP contribution in [0.25, 0.3) is 22.3 Å². The zero-order valence-electron chi connectivity index (χ0n) is 13.6. The summed E-state index contributed by atoms with van der Waals surface area (Å²) in [5.74, 6) is 1.40. The van der Waals surface area contributed by atoms with Crippen molar-refractivity contribution >= 4 is 38.6 Å². The molecule has 0 aliphatic heterocycles. The number of hydrogen-bond donors (Lipinski definition) is 1. The predicted octanol–water partition coefficient (Wildman–Crippen LogP) is 3.74. The molecule has 0 amide bonds. The topological polar surface area (TPSA) is 76.5 Å². The van der Waals surface area contributed by atoms with Gasteiger partial charge in [-0.25, -0.2) is 9.97 Å². The Hall–Kier alpha value is -2.45. The zero-order valence-corrected chi connectivity index (χ0v) is 16.0. The lowest BCUT2D eigenvalue weighted by Gasteiger charge is -2.05. The van der Waals surface area contributed by atoms with Crippen molar-refractivity contribution in [1.82, 2.24) is 24.7 Å². The lowest BCUT2D eigenvalue weighted by Crippen LogP contribution is -2.21. The first-order chi connectivity index (χ1) is 12.7. The fourth-order valence-electron chi connectivity index (χ4n) is 2.55. The molecule has 0 fully saturated rings. The second-order valence-corrected chi connectivity index (χ2v) is 7.56. The van der Waals surface area contributed by atoms with Crippen LogP contribution in [0.2, 0.25) is 0 Å². The summed E-state index contributed by atoms with van der Waals surface area (Å²) in [4.78, 5) is 21.3. The van der Waals surface area contributed by atoms with Crippen molar-refractivity contribution < 1.29 is 0 Å². The van der Waals surface area contributed by atoms with Crippen molar-refractivity contribution in [2.45, 2.75) is 11.7 Å². The quantitative estimate of drug-likeness (QED) is 0.490. The van der Waals surface area contributed by atoms with Crippen LogP contribution in [0, 0.1) is 0 Å². The number of aromatic amines is 1. The van der Waals surface area contributed by atoms with Crippen LogP contribution >= 0.6 is 27.7 Å². The van der Waals surface area contributed by atoms with Gasteiger partial charge in [0.25, 0.3) is 5.56 Å². The number of aromatic nitrogens is 5. The van der Waals surface area contributed by atoms with E-state index in [0.717, 1.165) is 21.4 Å². The molecular weight excluding hydrogens is 414 g/mol. The fraction of sp³-hybridized carbons (Fsp3) is 0.111. The van der Waals surface area contributed by atoms with Crippen LogP contribution in [-0.4, -0.2) is 30.5 Å². The average molecular weight is 428 g/mol. The van der Waals surface area contributed by atoms with Crippen molar-refractivity contribution in [1.29, 1.82) is 0 Å². The monoisotopic (exact) mass is 427 g/mol. The third-order valence-corrected chi connectivity index (χ3v) is 5.23. The first kappa shape index (κ1) is 17.0. The van der Waals surface area contributed by atoms with E-state index in [4.69, 9.17) is 0 Å². The smallest absolute Gasteiger partial charge is 0.261 e. The number of nitrogens with zero attached hydrogens (tertiary/aromatic N) is 4. The van der Waals surface area contributed by atoms with Gasteiger partial charge in [0.2, 0.25) is 5.16 Å². The fourth-order valence-corrected chi connectivity index (χ4v) is 3.55. The molecule has 1 N–H and O–H groups in total. The van der Waals surface area contributed by atoms with Crippen LogP contribution < -0.4 is 5.56 Å². The average Bonchev–Trinajstić information content (AvgIpc) is 3.13. The van der Waals surface area contributed by atoms with E-state index in [-0.39, 0.29) is 5.56 Å². The van der Waals surface area contributed by atoms with Crippen molar-refractivity contribution in [2.24, 2.45) is 0 Å². The Morgan fingerprint density at radius 1 is 1.12 bits per heavy atom. The van der Waals surface area contributed by atoms with Crippen LogP contribution in [0.3, 0.4) is 0 Å². The van der Waals surface area contributed by atoms with Crippen molar-refractivity contribution in [3.63, 3.8) is 0 Å². The maximum Gasteiger partial charge on any atom is 0.261 e. The SMILES string of the molecule is O=c1c2ccccc2ncn1CCSc1n[nH]c(-c2ccc(Br)cc2)n1. The van der Waals surface area contributed by atoms with Crippen LogP contribution in [0.4, 0.5) is 0 Å². The Morgan fingerprint density at radius 3 is 2.77 bits per heavy atom. The lowest BCUT2D eigenvalue weighted by molar-refractivity contribution is 0.724. The van der Waals surface area contributed by atoms with Gasteiger partial charge in [-0.15, -0.1) is 5.10 Å². The normalized spacial score (nSPS) is 11.1. The minimum atomic E-state index is -0.0262. The van der Waals surface area contributed by atoms with Crippen molar-refractivity contribution in [2.75, 3.05) is 5.75 Å². The molecule has 8 heteroatoms. The number of H-pyrrole nitrogens is 1. The second-order valence-electron chi connectivity index (χ2n) is 5.58. The van der Waals surface area contributed by atoms with Gasteiger partial charge in [-0.05, 0) is 24.3 Å². The molecule has 26 heavy (non-hydrogen) atoms. The summed E-state index contributed by atoms with van der Waals surface area (Å²) in [6, 6.07) is 15.2. The number of aryl methyl sites for hydroxylation is 1. The second kappa shape index (κ2) is 7.43. The molecule has 0 spiro atoms. The Bertz CT molecular complexity index is 1110. The molecule has 0 atom stereocenters. The van der Waals surface area contributed by atoms with E-state index in [1.165, 1.54) is 11.8 Å². The Balaban J connectivity index is 1.43. The molecule has 4 rings (SSSR count). The van der Waals surface area contributed by atoms with Gasteiger partial charge in [0.15, 0.2) is 5.82 Å². The van der Waals surface area contributed by atoms with Gasteiger partial charge in [-0.1, -0.05) is 52.0 Å². The lowest BCUT2D eigenvalue weighted by atomic mass is 10.2. The highest BCUT2D eigenvalue weighted by Crippen LogP contribution is 2.21. The van der Waals surface area contributed by atoms with Gasteiger partial charge in [0.05, 0.1) is 17.2 Å². The van der Waals surface area contributed by atoms with Crippen molar-refractivity contribution in [3.05, 3.63) is 69.7 Å². The van der Waals surface area contributed by atoms with Crippen LogP contribution in [0.15, 0.2) is 69.3 Å². The van der Waals surface area contributed by atoms with Gasteiger partial charge in [0.1, 0.15) is 0 Å². The molecule has 6 nitrogen and oxygen atoms in total. The maximum absolute atomic E-state index is 12.5. The van der Waals surface area contributed by atoms with Gasteiger partial charge in [0, 0.05) is 22.3 Å². The number of nitrogens with one attached hydrogen (secondary N) is 1. The van der Waals surface area contributed by atoms with Gasteiger partial charge < -0.3 is 0 Å². The Kier molecular flexibility index (Phi) is 4.85. The number of para-hydroxylation sites is 1. The summed E-state index contributed by atoms with van der Waals surface area (Å²) in [7, 11) is 0. The number of benzene rings is 2. The van der Waals surface area contributed by atoms with Crippen LogP contribution in [-0.2, 0) is 6.54 Å². The Morgan fingerprint density at radius 2 is 1.92 bits per heavy atom. The number of rotatable bonds is 5. The van der Waals surface area contributed by atoms with Gasteiger partial charge in [-0.2, -0.15) is 0 Å². The predicted molar refractivity (Wildman–Crippen MR) is 106 cm³/mol. The van der Waals surface area contributed by atoms with Gasteiger partial charge in [-0.3, -0.25) is 14.5 Å². The zero-order chi connectivity index (χ0) is 17.9. The molecule has 0 saturated heterocycles. The molecule has 0 saturated carbocycles. The first-order valence-corrected chi connectivity index (χ1v) is 9.74. The van der Waals surface area contributed by atoms with E-state index in [1.54, 1.807) is 17.0 Å². The molecule has 0 radical (unpaired) electrons. The summed E-state index contributed by atoms with van der Waals surface area (Å²) in [6.07, 6.45) is 1.59. The molecule has 2 aromatic carbocycles. The van der Waals surface area contributed by atoms with Crippen molar-refractivity contribution in [3.8, 4) is 11.4 Å². The molecule has 0 aliphatic carbocycles. The maximum atomic E-state index is 12.5. The molecule has 0 unspecified atom stereocenters. The number of fused-ring (bicyclic) bond motifs is 1. The highest BCUT2D eigenvalue weighted by atomic mass is 79.9. The first-order valence-electron chi connectivity index (χ1n) is 7.96. The third-order valence-electron chi connectivity index (χ3n) is 3.88. The molecule has 0 bridgehead atoms. The molecule has 4 aromatic rings. The summed E-state index contributed by atoms with van der Waals surface area (Å²) < 4.78 is 2.64. The van der Waals surface area contributed by atoms with Crippen LogP contribution in [0.5, 0.6) is 0 Å². The molecular formula is C18H14BrN5OS. The van der Waals surface area contributed by atoms with Crippen LogP contribution in [0.1, 0.15) is 0 Å². The summed E-state index contributed by atoms with van der Waals surface area (Å²) >= 11 is 4.91. The molecule has 0 aliphatic rings. The van der Waals surface area contributed by atoms with E-state index >= 15 is 0 Å².